The molecule has 0 fully saturated rings. The van der Waals surface area contributed by atoms with Crippen LogP contribution in [0.15, 0.2) is 72.3 Å². The van der Waals surface area contributed by atoms with E-state index in [2.05, 4.69) is 48.3 Å². The third-order valence-corrected chi connectivity index (χ3v) is 4.58. The van der Waals surface area contributed by atoms with E-state index in [4.69, 9.17) is 5.73 Å². The van der Waals surface area contributed by atoms with Gasteiger partial charge < -0.3 is 21.7 Å². The van der Waals surface area contributed by atoms with Crippen molar-refractivity contribution >= 4 is 34.8 Å². The Labute approximate surface area is 195 Å². The largest absolute Gasteiger partial charge is 0.369 e. The maximum absolute atomic E-state index is 12.5. The van der Waals surface area contributed by atoms with Crippen LogP contribution >= 0.6 is 0 Å². The van der Waals surface area contributed by atoms with Gasteiger partial charge in [-0.15, -0.1) is 0 Å². The number of guanidine groups is 1. The highest BCUT2D eigenvalue weighted by Crippen LogP contribution is 2.20. The van der Waals surface area contributed by atoms with E-state index in [1.165, 1.54) is 6.92 Å². The molecular formula is C26H33N5O2. The van der Waals surface area contributed by atoms with Crippen molar-refractivity contribution in [1.82, 2.24) is 5.32 Å². The number of carbonyl (C=O) groups is 2. The minimum Gasteiger partial charge on any atom is -0.369 e. The second-order valence-electron chi connectivity index (χ2n) is 8.82. The molecule has 0 atom stereocenters. The molecule has 0 saturated carbocycles. The number of amides is 2. The number of allylic oxidation sites excluding steroid dienone is 2. The number of hydrogen-bond donors (Lipinski definition) is 4. The number of benzene rings is 2. The predicted octanol–water partition coefficient (Wildman–Crippen LogP) is 4.76. The zero-order valence-electron chi connectivity index (χ0n) is 19.7. The molecule has 0 unspecified atom stereocenters. The van der Waals surface area contributed by atoms with Crippen LogP contribution in [-0.4, -0.2) is 24.3 Å². The van der Waals surface area contributed by atoms with Crippen LogP contribution < -0.4 is 21.7 Å². The summed E-state index contributed by atoms with van der Waals surface area (Å²) in [4.78, 5) is 28.1. The number of nitrogens with one attached hydrogen (secondary N) is 3. The van der Waals surface area contributed by atoms with E-state index in [1.54, 1.807) is 42.5 Å². The molecule has 0 saturated heterocycles. The summed E-state index contributed by atoms with van der Waals surface area (Å²) in [6, 6.07) is 14.3. The van der Waals surface area contributed by atoms with Crippen LogP contribution in [0.3, 0.4) is 0 Å². The highest BCUT2D eigenvalue weighted by molar-refractivity contribution is 5.99. The lowest BCUT2D eigenvalue weighted by molar-refractivity contribution is -0.114. The van der Waals surface area contributed by atoms with Crippen LogP contribution in [0, 0.1) is 5.41 Å². The summed E-state index contributed by atoms with van der Waals surface area (Å²) in [5, 5.41) is 8.70. The van der Waals surface area contributed by atoms with Crippen LogP contribution in [-0.2, 0) is 4.79 Å². The fraction of sp³-hybridized carbons (Fsp3) is 0.269. The third-order valence-electron chi connectivity index (χ3n) is 4.58. The van der Waals surface area contributed by atoms with Gasteiger partial charge in [0.05, 0.1) is 5.70 Å². The number of nitrogens with two attached hydrogens (primary N) is 1. The third kappa shape index (κ3) is 9.03. The number of aliphatic imine (C=N–C) groups is 1. The second-order valence-corrected chi connectivity index (χ2v) is 8.82. The fourth-order valence-corrected chi connectivity index (χ4v) is 2.93. The van der Waals surface area contributed by atoms with Crippen molar-refractivity contribution < 1.29 is 9.59 Å². The van der Waals surface area contributed by atoms with Crippen molar-refractivity contribution in [1.29, 1.82) is 0 Å². The van der Waals surface area contributed by atoms with E-state index in [9.17, 15) is 9.59 Å². The van der Waals surface area contributed by atoms with Gasteiger partial charge in [0, 0.05) is 36.0 Å². The van der Waals surface area contributed by atoms with Crippen molar-refractivity contribution in [3.05, 3.63) is 78.4 Å². The molecule has 2 amide bonds. The molecule has 7 nitrogen and oxygen atoms in total. The SMILES string of the molecule is C=C/C=C(\N=C(/N)Nc1cccc(C(=O)NCCC(C)(C)C)c1)c1ccc(NC(C)=O)cc1. The summed E-state index contributed by atoms with van der Waals surface area (Å²) in [6.07, 6.45) is 4.25. The topological polar surface area (TPSA) is 109 Å². The molecule has 0 radical (unpaired) electrons. The van der Waals surface area contributed by atoms with Gasteiger partial charge in [0.25, 0.3) is 5.91 Å². The molecule has 0 heterocycles. The van der Waals surface area contributed by atoms with Crippen LogP contribution in [0.2, 0.25) is 0 Å². The zero-order valence-corrected chi connectivity index (χ0v) is 19.7. The van der Waals surface area contributed by atoms with Gasteiger partial charge in [0.2, 0.25) is 5.91 Å². The first-order chi connectivity index (χ1) is 15.6. The lowest BCUT2D eigenvalue weighted by atomic mass is 9.92. The van der Waals surface area contributed by atoms with Gasteiger partial charge in [-0.2, -0.15) is 0 Å². The van der Waals surface area contributed by atoms with Crippen molar-refractivity contribution in [3.8, 4) is 0 Å². The van der Waals surface area contributed by atoms with E-state index in [-0.39, 0.29) is 23.2 Å². The van der Waals surface area contributed by atoms with Gasteiger partial charge >= 0.3 is 0 Å². The molecule has 174 valence electrons. The molecule has 5 N–H and O–H groups in total. The summed E-state index contributed by atoms with van der Waals surface area (Å²) >= 11 is 0. The Hall–Kier alpha value is -3.87. The monoisotopic (exact) mass is 447 g/mol. The Morgan fingerprint density at radius 1 is 1.03 bits per heavy atom. The first kappa shape index (κ1) is 25.4. The normalized spacial score (nSPS) is 12.1. The second kappa shape index (κ2) is 11.7. The highest BCUT2D eigenvalue weighted by Gasteiger charge is 2.12. The summed E-state index contributed by atoms with van der Waals surface area (Å²) in [7, 11) is 0. The number of hydrogen-bond acceptors (Lipinski definition) is 3. The average Bonchev–Trinajstić information content (AvgIpc) is 2.73. The summed E-state index contributed by atoms with van der Waals surface area (Å²) in [6.45, 7) is 12.2. The Balaban J connectivity index is 2.11. The minimum absolute atomic E-state index is 0.134. The molecule has 0 spiro atoms. The van der Waals surface area contributed by atoms with Gasteiger partial charge in [-0.05, 0) is 48.2 Å². The molecule has 2 aromatic rings. The maximum Gasteiger partial charge on any atom is 0.251 e. The van der Waals surface area contributed by atoms with Crippen molar-refractivity contribution in [2.75, 3.05) is 17.2 Å². The van der Waals surface area contributed by atoms with E-state index >= 15 is 0 Å². The van der Waals surface area contributed by atoms with E-state index in [1.807, 2.05) is 18.2 Å². The summed E-state index contributed by atoms with van der Waals surface area (Å²) in [5.74, 6) is -0.106. The van der Waals surface area contributed by atoms with Crippen molar-refractivity contribution in [2.24, 2.45) is 16.1 Å². The quantitative estimate of drug-likeness (QED) is 0.266. The lowest BCUT2D eigenvalue weighted by Gasteiger charge is -2.18. The molecule has 2 rings (SSSR count). The molecule has 0 bridgehead atoms. The molecule has 7 heteroatoms. The number of rotatable bonds is 8. The average molecular weight is 448 g/mol. The smallest absolute Gasteiger partial charge is 0.251 e. The van der Waals surface area contributed by atoms with Crippen LogP contribution in [0.1, 0.15) is 50.0 Å². The van der Waals surface area contributed by atoms with Gasteiger partial charge in [0.1, 0.15) is 0 Å². The van der Waals surface area contributed by atoms with Gasteiger partial charge in [-0.25, -0.2) is 4.99 Å². The lowest BCUT2D eigenvalue weighted by Crippen LogP contribution is -2.27. The number of nitrogens with zero attached hydrogens (tertiary/aromatic N) is 1. The standard InChI is InChI=1S/C26H33N5O2/c1-6-8-23(19-11-13-21(14-12-19)29-18(2)32)31-25(27)30-22-10-7-9-20(17-22)24(33)28-16-15-26(3,4)5/h6-14,17H,1,15-16H2,2-5H3,(H,28,33)(H,29,32)(H3,27,30,31)/b23-8-. The number of carbonyl (C=O) groups excluding carboxylic acids is 2. The predicted molar refractivity (Wildman–Crippen MR) is 137 cm³/mol. The van der Waals surface area contributed by atoms with Crippen LogP contribution in [0.5, 0.6) is 0 Å². The first-order valence-electron chi connectivity index (χ1n) is 10.8. The van der Waals surface area contributed by atoms with Crippen molar-refractivity contribution in [2.45, 2.75) is 34.1 Å². The Bertz CT molecular complexity index is 1050. The van der Waals surface area contributed by atoms with E-state index < -0.39 is 0 Å². The van der Waals surface area contributed by atoms with Gasteiger partial charge in [0.15, 0.2) is 5.96 Å². The molecule has 0 aliphatic heterocycles. The minimum atomic E-state index is -0.138. The zero-order chi connectivity index (χ0) is 24.4. The van der Waals surface area contributed by atoms with E-state index in [0.717, 1.165) is 12.0 Å². The molecule has 33 heavy (non-hydrogen) atoms. The maximum atomic E-state index is 12.5. The van der Waals surface area contributed by atoms with Gasteiger partial charge in [-0.1, -0.05) is 51.6 Å². The Morgan fingerprint density at radius 3 is 2.33 bits per heavy atom. The van der Waals surface area contributed by atoms with E-state index in [0.29, 0.717) is 29.2 Å². The summed E-state index contributed by atoms with van der Waals surface area (Å²) < 4.78 is 0. The molecule has 0 aliphatic rings. The molecular weight excluding hydrogens is 414 g/mol. The van der Waals surface area contributed by atoms with Crippen molar-refractivity contribution in [3.63, 3.8) is 0 Å². The summed E-state index contributed by atoms with van der Waals surface area (Å²) in [5.41, 5.74) is 9.57. The van der Waals surface area contributed by atoms with Crippen LogP contribution in [0.4, 0.5) is 11.4 Å². The first-order valence-corrected chi connectivity index (χ1v) is 10.8. The fourth-order valence-electron chi connectivity index (χ4n) is 2.93. The Kier molecular flexibility index (Phi) is 8.98. The molecule has 2 aromatic carbocycles. The molecule has 0 aromatic heterocycles. The highest BCUT2D eigenvalue weighted by atomic mass is 16.2. The van der Waals surface area contributed by atoms with Crippen LogP contribution in [0.25, 0.3) is 5.70 Å². The molecule has 0 aliphatic carbocycles. The number of anilines is 2. The van der Waals surface area contributed by atoms with Gasteiger partial charge in [-0.3, -0.25) is 9.59 Å². The Morgan fingerprint density at radius 2 is 1.73 bits per heavy atom.